The maximum Gasteiger partial charge on any atom is 0.305 e. The van der Waals surface area contributed by atoms with E-state index in [0.717, 1.165) is 10.7 Å². The van der Waals surface area contributed by atoms with Crippen molar-refractivity contribution in [3.05, 3.63) is 28.4 Å². The van der Waals surface area contributed by atoms with E-state index in [1.54, 1.807) is 11.9 Å². The molecule has 0 spiro atoms. The number of carbonyl (C=O) groups is 2. The summed E-state index contributed by atoms with van der Waals surface area (Å²) >= 11 is 6.63. The van der Waals surface area contributed by atoms with E-state index >= 15 is 0 Å². The van der Waals surface area contributed by atoms with E-state index < -0.39 is 0 Å². The zero-order valence-corrected chi connectivity index (χ0v) is 17.6. The Morgan fingerprint density at radius 1 is 1.25 bits per heavy atom. The van der Waals surface area contributed by atoms with Crippen LogP contribution >= 0.6 is 67.8 Å². The Balaban J connectivity index is 2.72. The van der Waals surface area contributed by atoms with Crippen LogP contribution in [0.25, 0.3) is 0 Å². The van der Waals surface area contributed by atoms with Gasteiger partial charge in [-0.05, 0) is 86.3 Å². The van der Waals surface area contributed by atoms with Crippen molar-refractivity contribution in [3.8, 4) is 0 Å². The number of methoxy groups -OCH3 is 1. The maximum absolute atomic E-state index is 12.4. The molecule has 0 atom stereocenters. The van der Waals surface area contributed by atoms with Gasteiger partial charge in [-0.15, -0.1) is 0 Å². The molecule has 1 rings (SSSR count). The average Bonchev–Trinajstić information content (AvgIpc) is 2.41. The van der Waals surface area contributed by atoms with Crippen LogP contribution in [0.3, 0.4) is 0 Å². The van der Waals surface area contributed by atoms with Crippen molar-refractivity contribution in [1.82, 2.24) is 4.90 Å². The Morgan fingerprint density at radius 3 is 2.50 bits per heavy atom. The summed E-state index contributed by atoms with van der Waals surface area (Å²) in [6.45, 7) is 0.534. The fraction of sp³-hybridized carbons (Fsp3) is 0.385. The van der Waals surface area contributed by atoms with Crippen LogP contribution in [-0.4, -0.2) is 37.5 Å². The minimum Gasteiger partial charge on any atom is -0.469 e. The normalized spacial score (nSPS) is 10.2. The second kappa shape index (κ2) is 8.71. The van der Waals surface area contributed by atoms with E-state index in [9.17, 15) is 9.59 Å². The highest BCUT2D eigenvalue weighted by Gasteiger charge is 2.17. The Bertz CT molecular complexity index is 520. The van der Waals surface area contributed by atoms with Gasteiger partial charge < -0.3 is 9.64 Å². The molecule has 1 aromatic carbocycles. The Morgan fingerprint density at radius 2 is 1.90 bits per heavy atom. The van der Waals surface area contributed by atoms with Gasteiger partial charge in [0.2, 0.25) is 0 Å². The fourth-order valence-corrected chi connectivity index (χ4v) is 3.97. The standard InChI is InChI=1S/C13H14I3NO3/c1-17(5-3-4-11(18)20-2)13(19)9-6-8(14)7-10(15)12(9)16/h6-7H,3-5H2,1-2H3. The van der Waals surface area contributed by atoms with Crippen molar-refractivity contribution in [3.63, 3.8) is 0 Å². The van der Waals surface area contributed by atoms with Crippen LogP contribution in [0.1, 0.15) is 23.2 Å². The van der Waals surface area contributed by atoms with Crippen LogP contribution in [-0.2, 0) is 9.53 Å². The van der Waals surface area contributed by atoms with E-state index in [0.29, 0.717) is 24.9 Å². The lowest BCUT2D eigenvalue weighted by Gasteiger charge is -2.18. The number of ether oxygens (including phenoxy) is 1. The van der Waals surface area contributed by atoms with Gasteiger partial charge in [-0.2, -0.15) is 0 Å². The molecule has 0 heterocycles. The third-order valence-electron chi connectivity index (χ3n) is 2.67. The molecule has 0 aliphatic heterocycles. The molecule has 1 aromatic rings. The topological polar surface area (TPSA) is 46.6 Å². The number of rotatable bonds is 5. The first-order valence-corrected chi connectivity index (χ1v) is 9.07. The molecule has 0 radical (unpaired) electrons. The predicted octanol–water partition coefficient (Wildman–Crippen LogP) is 3.53. The van der Waals surface area contributed by atoms with Gasteiger partial charge in [-0.25, -0.2) is 0 Å². The smallest absolute Gasteiger partial charge is 0.305 e. The molecule has 0 aromatic heterocycles. The highest BCUT2D eigenvalue weighted by molar-refractivity contribution is 14.1. The summed E-state index contributed by atoms with van der Waals surface area (Å²) in [5.74, 6) is -0.264. The summed E-state index contributed by atoms with van der Waals surface area (Å²) in [6.07, 6.45) is 0.932. The van der Waals surface area contributed by atoms with Crippen molar-refractivity contribution < 1.29 is 14.3 Å². The third kappa shape index (κ3) is 5.28. The molecule has 4 nitrogen and oxygen atoms in total. The first-order chi connectivity index (χ1) is 9.36. The fourth-order valence-electron chi connectivity index (χ4n) is 1.58. The van der Waals surface area contributed by atoms with Crippen molar-refractivity contribution in [2.45, 2.75) is 12.8 Å². The number of halogens is 3. The highest BCUT2D eigenvalue weighted by atomic mass is 127. The van der Waals surface area contributed by atoms with Gasteiger partial charge in [0.15, 0.2) is 0 Å². The zero-order valence-electron chi connectivity index (χ0n) is 11.1. The minimum atomic E-state index is -0.246. The molecular weight excluding hydrogens is 599 g/mol. The van der Waals surface area contributed by atoms with Gasteiger partial charge in [0.25, 0.3) is 5.91 Å². The molecule has 0 unspecified atom stereocenters. The largest absolute Gasteiger partial charge is 0.469 e. The quantitative estimate of drug-likeness (QED) is 0.291. The van der Waals surface area contributed by atoms with Crippen molar-refractivity contribution in [2.75, 3.05) is 20.7 Å². The summed E-state index contributed by atoms with van der Waals surface area (Å²) in [5, 5.41) is 0. The Kier molecular flexibility index (Phi) is 8.01. The summed E-state index contributed by atoms with van der Waals surface area (Å²) in [4.78, 5) is 25.1. The molecule has 0 aliphatic carbocycles. The lowest BCUT2D eigenvalue weighted by molar-refractivity contribution is -0.140. The summed E-state index contributed by atoms with van der Waals surface area (Å²) in [7, 11) is 3.12. The SMILES string of the molecule is COC(=O)CCCN(C)C(=O)c1cc(I)cc(I)c1I. The lowest BCUT2D eigenvalue weighted by Crippen LogP contribution is -2.29. The molecule has 110 valence electrons. The molecule has 20 heavy (non-hydrogen) atoms. The van der Waals surface area contributed by atoms with E-state index in [1.807, 2.05) is 12.1 Å². The monoisotopic (exact) mass is 613 g/mol. The second-order valence-electron chi connectivity index (χ2n) is 4.16. The number of hydrogen-bond donors (Lipinski definition) is 0. The lowest BCUT2D eigenvalue weighted by atomic mass is 10.2. The average molecular weight is 613 g/mol. The maximum atomic E-state index is 12.4. The molecule has 1 amide bonds. The third-order valence-corrected chi connectivity index (χ3v) is 6.34. The van der Waals surface area contributed by atoms with Crippen LogP contribution in [0.5, 0.6) is 0 Å². The van der Waals surface area contributed by atoms with Crippen molar-refractivity contribution in [1.29, 1.82) is 0 Å². The van der Waals surface area contributed by atoms with Gasteiger partial charge in [0.05, 0.1) is 12.7 Å². The van der Waals surface area contributed by atoms with Gasteiger partial charge >= 0.3 is 5.97 Å². The van der Waals surface area contributed by atoms with Gasteiger partial charge in [0.1, 0.15) is 0 Å². The summed E-state index contributed by atoms with van der Waals surface area (Å²) in [6, 6.07) is 3.93. The first kappa shape index (κ1) is 18.4. The molecule has 0 bridgehead atoms. The molecule has 0 N–H and O–H groups in total. The number of hydrogen-bond acceptors (Lipinski definition) is 3. The van der Waals surface area contributed by atoms with Gasteiger partial charge in [-0.3, -0.25) is 9.59 Å². The van der Waals surface area contributed by atoms with Gasteiger partial charge in [0, 0.05) is 30.7 Å². The molecule has 0 saturated carbocycles. The number of nitrogens with zero attached hydrogens (tertiary/aromatic N) is 1. The molecular formula is C13H14I3NO3. The summed E-state index contributed by atoms with van der Waals surface area (Å²) in [5.41, 5.74) is 0.711. The van der Waals surface area contributed by atoms with E-state index in [4.69, 9.17) is 0 Å². The van der Waals surface area contributed by atoms with E-state index in [1.165, 1.54) is 7.11 Å². The highest BCUT2D eigenvalue weighted by Crippen LogP contribution is 2.23. The molecule has 0 fully saturated rings. The van der Waals surface area contributed by atoms with Crippen LogP contribution in [0, 0.1) is 10.7 Å². The van der Waals surface area contributed by atoms with Crippen LogP contribution in [0.2, 0.25) is 0 Å². The molecule has 0 aliphatic rings. The predicted molar refractivity (Wildman–Crippen MR) is 103 cm³/mol. The molecule has 7 heteroatoms. The summed E-state index contributed by atoms with van der Waals surface area (Å²) < 4.78 is 7.66. The first-order valence-electron chi connectivity index (χ1n) is 5.83. The second-order valence-corrected chi connectivity index (χ2v) is 7.64. The van der Waals surface area contributed by atoms with Gasteiger partial charge in [-0.1, -0.05) is 0 Å². The van der Waals surface area contributed by atoms with Crippen LogP contribution < -0.4 is 0 Å². The van der Waals surface area contributed by atoms with Crippen molar-refractivity contribution in [2.24, 2.45) is 0 Å². The van der Waals surface area contributed by atoms with Crippen LogP contribution in [0.15, 0.2) is 12.1 Å². The Labute approximate surface area is 159 Å². The number of amides is 1. The minimum absolute atomic E-state index is 0.0179. The Hall–Kier alpha value is 0.350. The van der Waals surface area contributed by atoms with Crippen molar-refractivity contribution >= 4 is 79.6 Å². The van der Waals surface area contributed by atoms with E-state index in [2.05, 4.69) is 72.5 Å². The van der Waals surface area contributed by atoms with Crippen LogP contribution in [0.4, 0.5) is 0 Å². The zero-order chi connectivity index (χ0) is 15.3. The number of esters is 1. The molecule has 0 saturated heterocycles. The number of benzene rings is 1. The number of carbonyl (C=O) groups excluding carboxylic acids is 2. The van der Waals surface area contributed by atoms with E-state index in [-0.39, 0.29) is 11.9 Å².